The predicted molar refractivity (Wildman–Crippen MR) is 63.7 cm³/mol. The fraction of sp³-hybridized carbons (Fsp3) is 0.700. The van der Waals surface area contributed by atoms with E-state index in [1.807, 2.05) is 0 Å². The molecule has 0 spiro atoms. The van der Waals surface area contributed by atoms with E-state index in [-0.39, 0.29) is 10.3 Å². The van der Waals surface area contributed by atoms with Gasteiger partial charge in [0.2, 0.25) is 10.0 Å². The molecular formula is C10H18N4O2S. The highest BCUT2D eigenvalue weighted by atomic mass is 32.2. The first-order valence-corrected chi connectivity index (χ1v) is 7.14. The molecular weight excluding hydrogens is 240 g/mol. The van der Waals surface area contributed by atoms with Crippen molar-refractivity contribution in [1.82, 2.24) is 14.5 Å². The number of hydrogen-bond acceptors (Lipinski definition) is 4. The minimum absolute atomic E-state index is 0.101. The molecule has 96 valence electrons. The second-order valence-corrected chi connectivity index (χ2v) is 6.48. The number of hydrogen-bond donors (Lipinski definition) is 2. The first kappa shape index (κ1) is 12.5. The molecule has 0 saturated heterocycles. The van der Waals surface area contributed by atoms with Gasteiger partial charge in [0, 0.05) is 19.8 Å². The van der Waals surface area contributed by atoms with Crippen LogP contribution in [0.1, 0.15) is 19.3 Å². The third-order valence-corrected chi connectivity index (χ3v) is 4.62. The SMILES string of the molecule is Cn1cc(S(=O)(=O)NCC2(CCN)CC2)cn1. The average Bonchev–Trinajstić information content (AvgIpc) is 2.89. The van der Waals surface area contributed by atoms with Gasteiger partial charge < -0.3 is 5.73 Å². The van der Waals surface area contributed by atoms with Crippen LogP contribution in [0.4, 0.5) is 0 Å². The number of nitrogens with zero attached hydrogens (tertiary/aromatic N) is 2. The smallest absolute Gasteiger partial charge is 0.243 e. The fourth-order valence-electron chi connectivity index (χ4n) is 1.87. The Hall–Kier alpha value is -0.920. The number of rotatable bonds is 6. The maximum Gasteiger partial charge on any atom is 0.243 e. The maximum absolute atomic E-state index is 11.9. The molecule has 0 amide bonds. The topological polar surface area (TPSA) is 90.0 Å². The summed E-state index contributed by atoms with van der Waals surface area (Å²) in [6, 6.07) is 0. The molecule has 0 atom stereocenters. The van der Waals surface area contributed by atoms with Crippen LogP contribution in [-0.4, -0.2) is 31.3 Å². The molecule has 1 aromatic rings. The summed E-state index contributed by atoms with van der Waals surface area (Å²) in [4.78, 5) is 0.212. The van der Waals surface area contributed by atoms with E-state index in [1.165, 1.54) is 17.1 Å². The largest absolute Gasteiger partial charge is 0.330 e. The Morgan fingerprint density at radius 3 is 2.76 bits per heavy atom. The van der Waals surface area contributed by atoms with Crippen LogP contribution in [-0.2, 0) is 17.1 Å². The van der Waals surface area contributed by atoms with Gasteiger partial charge >= 0.3 is 0 Å². The molecule has 7 heteroatoms. The Bertz CT molecular complexity index is 490. The van der Waals surface area contributed by atoms with Gasteiger partial charge in [0.15, 0.2) is 0 Å². The molecule has 1 fully saturated rings. The molecule has 17 heavy (non-hydrogen) atoms. The van der Waals surface area contributed by atoms with Crippen LogP contribution >= 0.6 is 0 Å². The van der Waals surface area contributed by atoms with Gasteiger partial charge in [-0.25, -0.2) is 13.1 Å². The molecule has 0 unspecified atom stereocenters. The standard InChI is InChI=1S/C10H18N4O2S/c1-14-7-9(6-12-14)17(15,16)13-8-10(2-3-10)4-5-11/h6-7,13H,2-5,8,11H2,1H3. The van der Waals surface area contributed by atoms with Crippen molar-refractivity contribution >= 4 is 10.0 Å². The molecule has 6 nitrogen and oxygen atoms in total. The van der Waals surface area contributed by atoms with Gasteiger partial charge in [-0.05, 0) is 31.2 Å². The second kappa shape index (κ2) is 4.40. The van der Waals surface area contributed by atoms with Crippen molar-refractivity contribution in [3.05, 3.63) is 12.4 Å². The van der Waals surface area contributed by atoms with Crippen molar-refractivity contribution < 1.29 is 8.42 Å². The average molecular weight is 258 g/mol. The fourth-order valence-corrected chi connectivity index (χ4v) is 3.01. The van der Waals surface area contributed by atoms with Gasteiger partial charge in [0.1, 0.15) is 4.90 Å². The predicted octanol–water partition coefficient (Wildman–Crippen LogP) is -0.173. The van der Waals surface area contributed by atoms with E-state index >= 15 is 0 Å². The van der Waals surface area contributed by atoms with Crippen molar-refractivity contribution in [3.8, 4) is 0 Å². The summed E-state index contributed by atoms with van der Waals surface area (Å²) in [6.45, 7) is 1.08. The van der Waals surface area contributed by atoms with Crippen molar-refractivity contribution in [1.29, 1.82) is 0 Å². The lowest BCUT2D eigenvalue weighted by molar-refractivity contribution is 0.461. The summed E-state index contributed by atoms with van der Waals surface area (Å²) in [5.74, 6) is 0. The zero-order valence-electron chi connectivity index (χ0n) is 9.89. The molecule has 1 heterocycles. The molecule has 1 aliphatic rings. The molecule has 1 saturated carbocycles. The molecule has 3 N–H and O–H groups in total. The molecule has 0 radical (unpaired) electrons. The van der Waals surface area contributed by atoms with Crippen LogP contribution in [0.15, 0.2) is 17.3 Å². The molecule has 2 rings (SSSR count). The third kappa shape index (κ3) is 2.85. The zero-order valence-corrected chi connectivity index (χ0v) is 10.7. The first-order valence-electron chi connectivity index (χ1n) is 5.66. The summed E-state index contributed by atoms with van der Waals surface area (Å²) in [7, 11) is -1.73. The van der Waals surface area contributed by atoms with Crippen molar-refractivity contribution in [2.24, 2.45) is 18.2 Å². The van der Waals surface area contributed by atoms with E-state index in [2.05, 4.69) is 9.82 Å². The van der Waals surface area contributed by atoms with Crippen LogP contribution in [0.2, 0.25) is 0 Å². The van der Waals surface area contributed by atoms with E-state index in [1.54, 1.807) is 7.05 Å². The minimum atomic E-state index is -3.43. The third-order valence-electron chi connectivity index (χ3n) is 3.26. The number of aromatic nitrogens is 2. The molecule has 1 aliphatic carbocycles. The Kier molecular flexibility index (Phi) is 3.24. The van der Waals surface area contributed by atoms with Crippen molar-refractivity contribution in [2.45, 2.75) is 24.2 Å². The summed E-state index contributed by atoms with van der Waals surface area (Å²) < 4.78 is 28.0. The lowest BCUT2D eigenvalue weighted by Gasteiger charge is -2.14. The Morgan fingerprint density at radius 1 is 1.59 bits per heavy atom. The van der Waals surface area contributed by atoms with Crippen LogP contribution in [0, 0.1) is 5.41 Å². The molecule has 0 aliphatic heterocycles. The van der Waals surface area contributed by atoms with Gasteiger partial charge in [-0.2, -0.15) is 5.10 Å². The summed E-state index contributed by atoms with van der Waals surface area (Å²) in [5.41, 5.74) is 5.62. The number of aryl methyl sites for hydroxylation is 1. The lowest BCUT2D eigenvalue weighted by Crippen LogP contribution is -2.31. The maximum atomic E-state index is 11.9. The van der Waals surface area contributed by atoms with Gasteiger partial charge in [-0.3, -0.25) is 4.68 Å². The Labute approximate surface area is 101 Å². The highest BCUT2D eigenvalue weighted by molar-refractivity contribution is 7.89. The highest BCUT2D eigenvalue weighted by Gasteiger charge is 2.42. The number of nitrogens with two attached hydrogens (primary N) is 1. The van der Waals surface area contributed by atoms with E-state index in [0.29, 0.717) is 13.1 Å². The van der Waals surface area contributed by atoms with Gasteiger partial charge in [0.05, 0.1) is 6.20 Å². The minimum Gasteiger partial charge on any atom is -0.330 e. The quantitative estimate of drug-likeness (QED) is 0.741. The summed E-state index contributed by atoms with van der Waals surface area (Å²) >= 11 is 0. The highest BCUT2D eigenvalue weighted by Crippen LogP contribution is 2.47. The van der Waals surface area contributed by atoms with E-state index in [9.17, 15) is 8.42 Å². The van der Waals surface area contributed by atoms with Crippen molar-refractivity contribution in [2.75, 3.05) is 13.1 Å². The van der Waals surface area contributed by atoms with Crippen LogP contribution in [0.25, 0.3) is 0 Å². The normalized spacial score (nSPS) is 18.2. The lowest BCUT2D eigenvalue weighted by atomic mass is 10.0. The van der Waals surface area contributed by atoms with Crippen LogP contribution < -0.4 is 10.5 Å². The monoisotopic (exact) mass is 258 g/mol. The number of sulfonamides is 1. The van der Waals surface area contributed by atoms with Crippen molar-refractivity contribution in [3.63, 3.8) is 0 Å². The van der Waals surface area contributed by atoms with Gasteiger partial charge in [-0.15, -0.1) is 0 Å². The van der Waals surface area contributed by atoms with Gasteiger partial charge in [0.25, 0.3) is 0 Å². The molecule has 0 bridgehead atoms. The summed E-state index contributed by atoms with van der Waals surface area (Å²) in [6.07, 6.45) is 5.83. The van der Waals surface area contributed by atoms with Crippen LogP contribution in [0.3, 0.4) is 0 Å². The molecule has 1 aromatic heterocycles. The van der Waals surface area contributed by atoms with E-state index in [0.717, 1.165) is 19.3 Å². The Morgan fingerprint density at radius 2 is 2.29 bits per heavy atom. The Balaban J connectivity index is 1.99. The summed E-state index contributed by atoms with van der Waals surface area (Å²) in [5, 5.41) is 3.86. The number of nitrogens with one attached hydrogen (secondary N) is 1. The second-order valence-electron chi connectivity index (χ2n) is 4.71. The van der Waals surface area contributed by atoms with E-state index in [4.69, 9.17) is 5.73 Å². The zero-order chi connectivity index (χ0) is 12.5. The molecule has 0 aromatic carbocycles. The first-order chi connectivity index (χ1) is 7.97. The van der Waals surface area contributed by atoms with Crippen LogP contribution in [0.5, 0.6) is 0 Å². The van der Waals surface area contributed by atoms with Gasteiger partial charge in [-0.1, -0.05) is 0 Å². The van der Waals surface area contributed by atoms with E-state index < -0.39 is 10.0 Å².